The van der Waals surface area contributed by atoms with Crippen LogP contribution in [0.4, 0.5) is 10.1 Å². The molecule has 2 atom stereocenters. The minimum atomic E-state index is -0.972. The predicted molar refractivity (Wildman–Crippen MR) is 113 cm³/mol. The van der Waals surface area contributed by atoms with Crippen molar-refractivity contribution in [3.05, 3.63) is 65.1 Å². The summed E-state index contributed by atoms with van der Waals surface area (Å²) < 4.78 is 13.7. The number of halogens is 1. The minimum absolute atomic E-state index is 0.174. The van der Waals surface area contributed by atoms with Gasteiger partial charge in [0.2, 0.25) is 11.8 Å². The van der Waals surface area contributed by atoms with Crippen LogP contribution in [0.25, 0.3) is 10.9 Å². The Balaban J connectivity index is 1.32. The Kier molecular flexibility index (Phi) is 4.69. The molecule has 2 heterocycles. The first-order chi connectivity index (χ1) is 15.0. The standard InChI is InChI=1S/C23H21FN4O3/c24-12-8-9-17-15(10-12)13-5-3-7-18(21(13)26-17)25-20(29)11-19-23(31)27-16-6-2-1-4-14(16)22(30)28-19/h1-2,4,6,8-10,18-19,26H,3,5,7,11H2,(H,25,29)(H,27,31)(H,28,30)/t18-,19-/m0/s1. The average Bonchev–Trinajstić information content (AvgIpc) is 3.07. The van der Waals surface area contributed by atoms with Crippen LogP contribution in [0.15, 0.2) is 42.5 Å². The minimum Gasteiger partial charge on any atom is -0.356 e. The molecule has 158 valence electrons. The van der Waals surface area contributed by atoms with Gasteiger partial charge < -0.3 is 20.9 Å². The lowest BCUT2D eigenvalue weighted by molar-refractivity contribution is -0.126. The van der Waals surface area contributed by atoms with Crippen molar-refractivity contribution < 1.29 is 18.8 Å². The van der Waals surface area contributed by atoms with E-state index in [1.54, 1.807) is 30.3 Å². The predicted octanol–water partition coefficient (Wildman–Crippen LogP) is 2.94. The van der Waals surface area contributed by atoms with Gasteiger partial charge in [-0.2, -0.15) is 0 Å². The van der Waals surface area contributed by atoms with Gasteiger partial charge in [0.1, 0.15) is 11.9 Å². The zero-order chi connectivity index (χ0) is 21.5. The van der Waals surface area contributed by atoms with Crippen LogP contribution in [0, 0.1) is 5.82 Å². The molecule has 0 saturated heterocycles. The lowest BCUT2D eigenvalue weighted by atomic mass is 9.91. The van der Waals surface area contributed by atoms with Crippen molar-refractivity contribution in [3.63, 3.8) is 0 Å². The monoisotopic (exact) mass is 420 g/mol. The van der Waals surface area contributed by atoms with Crippen molar-refractivity contribution in [2.24, 2.45) is 0 Å². The van der Waals surface area contributed by atoms with E-state index < -0.39 is 17.9 Å². The van der Waals surface area contributed by atoms with Gasteiger partial charge >= 0.3 is 0 Å². The molecule has 0 radical (unpaired) electrons. The summed E-state index contributed by atoms with van der Waals surface area (Å²) in [7, 11) is 0. The summed E-state index contributed by atoms with van der Waals surface area (Å²) in [4.78, 5) is 41.1. The van der Waals surface area contributed by atoms with Crippen LogP contribution < -0.4 is 16.0 Å². The summed E-state index contributed by atoms with van der Waals surface area (Å²) in [6, 6.07) is 10.1. The molecule has 0 bridgehead atoms. The van der Waals surface area contributed by atoms with Crippen molar-refractivity contribution in [2.45, 2.75) is 37.8 Å². The third-order valence-electron chi connectivity index (χ3n) is 5.95. The molecule has 0 unspecified atom stereocenters. The third-order valence-corrected chi connectivity index (χ3v) is 5.95. The Morgan fingerprint density at radius 1 is 1.16 bits per heavy atom. The molecule has 2 aliphatic rings. The molecule has 3 amide bonds. The molecular formula is C23H21FN4O3. The molecular weight excluding hydrogens is 399 g/mol. The third kappa shape index (κ3) is 3.54. The fourth-order valence-corrected chi connectivity index (χ4v) is 4.47. The number of carbonyl (C=O) groups is 3. The molecule has 1 aliphatic heterocycles. The van der Waals surface area contributed by atoms with E-state index in [0.29, 0.717) is 11.3 Å². The lowest BCUT2D eigenvalue weighted by Gasteiger charge is -2.24. The van der Waals surface area contributed by atoms with Gasteiger partial charge in [0.15, 0.2) is 0 Å². The summed E-state index contributed by atoms with van der Waals surface area (Å²) in [5, 5.41) is 9.16. The van der Waals surface area contributed by atoms with Crippen LogP contribution in [0.2, 0.25) is 0 Å². The van der Waals surface area contributed by atoms with E-state index in [1.165, 1.54) is 12.1 Å². The van der Waals surface area contributed by atoms with E-state index >= 15 is 0 Å². The topological polar surface area (TPSA) is 103 Å². The molecule has 5 rings (SSSR count). The van der Waals surface area contributed by atoms with Crippen molar-refractivity contribution >= 4 is 34.3 Å². The summed E-state index contributed by atoms with van der Waals surface area (Å²) >= 11 is 0. The Morgan fingerprint density at radius 3 is 2.87 bits per heavy atom. The van der Waals surface area contributed by atoms with Crippen molar-refractivity contribution in [1.29, 1.82) is 0 Å². The smallest absolute Gasteiger partial charge is 0.254 e. The van der Waals surface area contributed by atoms with Crippen LogP contribution in [-0.4, -0.2) is 28.7 Å². The van der Waals surface area contributed by atoms with E-state index in [-0.39, 0.29) is 24.2 Å². The van der Waals surface area contributed by atoms with Gasteiger partial charge in [-0.25, -0.2) is 4.39 Å². The van der Waals surface area contributed by atoms with Gasteiger partial charge in [0.05, 0.1) is 23.7 Å². The van der Waals surface area contributed by atoms with Crippen molar-refractivity contribution in [3.8, 4) is 0 Å². The SMILES string of the molecule is O=C(C[C@@H]1NC(=O)c2ccccc2NC1=O)N[C@H]1CCCc2c1[nH]c1ccc(F)cc21. The normalized spacial score (nSPS) is 20.3. The van der Waals surface area contributed by atoms with E-state index in [2.05, 4.69) is 20.9 Å². The van der Waals surface area contributed by atoms with Crippen LogP contribution in [0.1, 0.15) is 46.9 Å². The van der Waals surface area contributed by atoms with E-state index in [0.717, 1.165) is 41.4 Å². The van der Waals surface area contributed by atoms with E-state index in [4.69, 9.17) is 0 Å². The average molecular weight is 420 g/mol. The number of carbonyl (C=O) groups excluding carboxylic acids is 3. The van der Waals surface area contributed by atoms with E-state index in [9.17, 15) is 18.8 Å². The van der Waals surface area contributed by atoms with Crippen LogP contribution in [0.5, 0.6) is 0 Å². The zero-order valence-corrected chi connectivity index (χ0v) is 16.6. The first-order valence-electron chi connectivity index (χ1n) is 10.3. The van der Waals surface area contributed by atoms with Crippen LogP contribution in [-0.2, 0) is 16.0 Å². The second-order valence-corrected chi connectivity index (χ2v) is 7.98. The molecule has 2 aromatic carbocycles. The van der Waals surface area contributed by atoms with Crippen LogP contribution >= 0.6 is 0 Å². The summed E-state index contributed by atoms with van der Waals surface area (Å²) in [5.74, 6) is -1.46. The highest BCUT2D eigenvalue weighted by molar-refractivity contribution is 6.10. The van der Waals surface area contributed by atoms with Crippen LogP contribution in [0.3, 0.4) is 0 Å². The fourth-order valence-electron chi connectivity index (χ4n) is 4.47. The number of fused-ring (bicyclic) bond motifs is 4. The Bertz CT molecular complexity index is 1220. The number of aryl methyl sites for hydroxylation is 1. The number of benzene rings is 2. The maximum atomic E-state index is 13.7. The quantitative estimate of drug-likeness (QED) is 0.524. The van der Waals surface area contributed by atoms with E-state index in [1.807, 2.05) is 0 Å². The molecule has 3 aromatic rings. The highest BCUT2D eigenvalue weighted by Gasteiger charge is 2.31. The molecule has 7 nitrogen and oxygen atoms in total. The number of rotatable bonds is 3. The molecule has 8 heteroatoms. The molecule has 4 N–H and O–H groups in total. The Hall–Kier alpha value is -3.68. The maximum Gasteiger partial charge on any atom is 0.254 e. The van der Waals surface area contributed by atoms with Gasteiger partial charge in [-0.15, -0.1) is 0 Å². The first-order valence-corrected chi connectivity index (χ1v) is 10.3. The molecule has 0 saturated carbocycles. The number of amides is 3. The van der Waals surface area contributed by atoms with Gasteiger partial charge in [-0.1, -0.05) is 12.1 Å². The van der Waals surface area contributed by atoms with Gasteiger partial charge in [0, 0.05) is 16.6 Å². The van der Waals surface area contributed by atoms with Crippen molar-refractivity contribution in [2.75, 3.05) is 5.32 Å². The number of aromatic nitrogens is 1. The van der Waals surface area contributed by atoms with Gasteiger partial charge in [-0.3, -0.25) is 14.4 Å². The molecule has 31 heavy (non-hydrogen) atoms. The summed E-state index contributed by atoms with van der Waals surface area (Å²) in [5.41, 5.74) is 3.51. The Morgan fingerprint density at radius 2 is 2.00 bits per heavy atom. The number of H-pyrrole nitrogens is 1. The zero-order valence-electron chi connectivity index (χ0n) is 16.6. The second-order valence-electron chi connectivity index (χ2n) is 7.98. The number of anilines is 1. The lowest BCUT2D eigenvalue weighted by Crippen LogP contribution is -2.45. The number of aromatic amines is 1. The fraction of sp³-hybridized carbons (Fsp3) is 0.261. The highest BCUT2D eigenvalue weighted by atomic mass is 19.1. The molecule has 1 aliphatic carbocycles. The Labute approximate surface area is 177 Å². The number of hydrogen-bond donors (Lipinski definition) is 4. The first kappa shape index (κ1) is 19.3. The maximum absolute atomic E-state index is 13.7. The number of nitrogens with one attached hydrogen (secondary N) is 4. The summed E-state index contributed by atoms with van der Waals surface area (Å²) in [6.07, 6.45) is 2.23. The van der Waals surface area contributed by atoms with Gasteiger partial charge in [0.25, 0.3) is 5.91 Å². The number of para-hydroxylation sites is 1. The second kappa shape index (κ2) is 7.54. The number of hydrogen-bond acceptors (Lipinski definition) is 3. The molecule has 0 fully saturated rings. The molecule has 0 spiro atoms. The largest absolute Gasteiger partial charge is 0.356 e. The van der Waals surface area contributed by atoms with Gasteiger partial charge in [-0.05, 0) is 55.2 Å². The highest BCUT2D eigenvalue weighted by Crippen LogP contribution is 2.35. The van der Waals surface area contributed by atoms with Crippen molar-refractivity contribution in [1.82, 2.24) is 15.6 Å². The summed E-state index contributed by atoms with van der Waals surface area (Å²) in [6.45, 7) is 0. The molecule has 1 aromatic heterocycles.